The fraction of sp³-hybridized carbons (Fsp3) is 0.133. The number of furan rings is 1. The number of rotatable bonds is 2. The van der Waals surface area contributed by atoms with E-state index in [-0.39, 0.29) is 0 Å². The summed E-state index contributed by atoms with van der Waals surface area (Å²) in [6.07, 6.45) is 1.73. The van der Waals surface area contributed by atoms with Gasteiger partial charge in [-0.2, -0.15) is 0 Å². The summed E-state index contributed by atoms with van der Waals surface area (Å²) >= 11 is 0. The first kappa shape index (κ1) is 16.6. The molecular weight excluding hydrogens is 404 g/mol. The average molecular weight is 433 g/mol. The Morgan fingerprint density at radius 2 is 1.58 bits per heavy atom. The van der Waals surface area contributed by atoms with Crippen LogP contribution in [0, 0.1) is 20.7 Å². The lowest BCUT2D eigenvalue weighted by atomic mass is 9.96. The van der Waals surface area contributed by atoms with E-state index in [0.717, 1.165) is 60.9 Å². The number of aryl methyl sites for hydroxylation is 4. The minimum Gasteiger partial charge on any atom is -0.453 e. The number of hydrogen-bond acceptors (Lipinski definition) is 2. The van der Waals surface area contributed by atoms with Crippen LogP contribution in [0.5, 0.6) is 0 Å². The van der Waals surface area contributed by atoms with Crippen molar-refractivity contribution in [1.29, 1.82) is 0 Å². The molecule has 0 aliphatic carbocycles. The topological polar surface area (TPSA) is 29.9 Å². The lowest BCUT2D eigenvalue weighted by Gasteiger charge is -2.10. The second-order valence-electron chi connectivity index (χ2n) is 8.60. The fourth-order valence-electron chi connectivity index (χ4n) is 4.85. The predicted octanol–water partition coefficient (Wildman–Crippen LogP) is 7.22. The van der Waals surface area contributed by atoms with Crippen molar-refractivity contribution >= 4 is 32.8 Å². The summed E-state index contributed by atoms with van der Waals surface area (Å²) in [5, 5.41) is 3.11. The zero-order chi connectivity index (χ0) is 25.2. The summed E-state index contributed by atoms with van der Waals surface area (Å²) in [6, 6.07) is 24.0. The second kappa shape index (κ2) is 7.28. The van der Waals surface area contributed by atoms with Gasteiger partial charge in [-0.3, -0.25) is 0 Å². The molecule has 0 radical (unpaired) electrons. The summed E-state index contributed by atoms with van der Waals surface area (Å²) in [5.41, 5.74) is 8.22. The fourth-order valence-corrected chi connectivity index (χ4v) is 4.85. The molecule has 0 fully saturated rings. The predicted molar refractivity (Wildman–Crippen MR) is 135 cm³/mol. The molecule has 3 nitrogen and oxygen atoms in total. The maximum absolute atomic E-state index is 8.13. The number of fused-ring (bicyclic) bond motifs is 5. The second-order valence-corrected chi connectivity index (χ2v) is 8.60. The van der Waals surface area contributed by atoms with Gasteiger partial charge in [0, 0.05) is 43.2 Å². The van der Waals surface area contributed by atoms with Crippen molar-refractivity contribution in [2.24, 2.45) is 7.05 Å². The van der Waals surface area contributed by atoms with Gasteiger partial charge in [-0.05, 0) is 44.0 Å². The van der Waals surface area contributed by atoms with Crippen LogP contribution in [0.2, 0.25) is 0 Å². The van der Waals surface area contributed by atoms with Crippen LogP contribution in [0.4, 0.5) is 0 Å². The summed E-state index contributed by atoms with van der Waals surface area (Å²) < 4.78 is 32.8. The highest BCUT2D eigenvalue weighted by atomic mass is 16.3. The highest BCUT2D eigenvalue weighted by Crippen LogP contribution is 2.38. The monoisotopic (exact) mass is 432 g/mol. The third kappa shape index (κ3) is 2.96. The van der Waals surface area contributed by atoms with E-state index in [1.807, 2.05) is 67.1 Å². The third-order valence-electron chi connectivity index (χ3n) is 6.56. The van der Waals surface area contributed by atoms with E-state index in [2.05, 4.69) is 31.2 Å². The first-order valence-corrected chi connectivity index (χ1v) is 11.0. The summed E-state index contributed by atoms with van der Waals surface area (Å²) in [6.45, 7) is 1.85. The maximum atomic E-state index is 8.13. The molecule has 0 saturated heterocycles. The Bertz CT molecular complexity index is 1800. The average Bonchev–Trinajstić information content (AvgIpc) is 3.24. The van der Waals surface area contributed by atoms with E-state index in [1.165, 1.54) is 0 Å². The molecule has 0 aliphatic rings. The van der Waals surface area contributed by atoms with Crippen molar-refractivity contribution in [3.05, 3.63) is 95.8 Å². The number of benzene rings is 3. The van der Waals surface area contributed by atoms with Gasteiger partial charge in [0.2, 0.25) is 5.69 Å². The molecule has 6 rings (SSSR count). The van der Waals surface area contributed by atoms with Crippen LogP contribution in [0.1, 0.15) is 20.9 Å². The third-order valence-corrected chi connectivity index (χ3v) is 6.56. The Morgan fingerprint density at radius 1 is 0.818 bits per heavy atom. The molecule has 6 aromatic rings. The maximum Gasteiger partial charge on any atom is 0.213 e. The van der Waals surface area contributed by atoms with Crippen molar-refractivity contribution in [3.8, 4) is 22.4 Å². The van der Waals surface area contributed by atoms with Crippen LogP contribution in [-0.2, 0) is 7.05 Å². The van der Waals surface area contributed by atoms with Gasteiger partial charge in [0.15, 0.2) is 11.8 Å². The van der Waals surface area contributed by atoms with E-state index in [4.69, 9.17) is 13.5 Å². The lowest BCUT2D eigenvalue weighted by molar-refractivity contribution is -0.660. The van der Waals surface area contributed by atoms with Crippen LogP contribution in [0.25, 0.3) is 55.2 Å². The molecular formula is C30H25N2O+. The molecule has 3 aromatic carbocycles. The Kier molecular flexibility index (Phi) is 3.67. The Balaban J connectivity index is 1.63. The van der Waals surface area contributed by atoms with Gasteiger partial charge in [-0.1, -0.05) is 54.6 Å². The number of aromatic nitrogens is 2. The molecule has 160 valence electrons. The molecule has 3 heterocycles. The molecule has 0 bridgehead atoms. The lowest BCUT2D eigenvalue weighted by Crippen LogP contribution is -2.31. The molecule has 0 amide bonds. The van der Waals surface area contributed by atoms with Gasteiger partial charge < -0.3 is 4.42 Å². The first-order chi connectivity index (χ1) is 17.2. The van der Waals surface area contributed by atoms with E-state index in [0.29, 0.717) is 11.1 Å². The minimum absolute atomic E-state index is 0.327. The van der Waals surface area contributed by atoms with Crippen molar-refractivity contribution < 1.29 is 13.1 Å². The SMILES string of the molecule is [2H]C([2H])([2H])c1c[n+](C)c(-c2ccc3c(oc4c5ccccc5c(C)nc34)c2C)cc1-c1ccccc1. The summed E-state index contributed by atoms with van der Waals surface area (Å²) in [4.78, 5) is 4.88. The molecule has 0 spiro atoms. The molecule has 3 heteroatoms. The normalized spacial score (nSPS) is 13.4. The first-order valence-electron chi connectivity index (χ1n) is 12.5. The van der Waals surface area contributed by atoms with E-state index < -0.39 is 6.85 Å². The molecule has 0 aliphatic heterocycles. The molecule has 33 heavy (non-hydrogen) atoms. The van der Waals surface area contributed by atoms with E-state index in [9.17, 15) is 0 Å². The van der Waals surface area contributed by atoms with Crippen molar-refractivity contribution in [2.45, 2.75) is 20.7 Å². The minimum atomic E-state index is -2.23. The Hall–Kier alpha value is -3.98. The molecule has 3 aromatic heterocycles. The largest absolute Gasteiger partial charge is 0.453 e. The summed E-state index contributed by atoms with van der Waals surface area (Å²) in [7, 11) is 1.89. The Labute approximate surface area is 197 Å². The Morgan fingerprint density at radius 3 is 2.36 bits per heavy atom. The van der Waals surface area contributed by atoms with Gasteiger partial charge >= 0.3 is 0 Å². The van der Waals surface area contributed by atoms with E-state index >= 15 is 0 Å². The van der Waals surface area contributed by atoms with Gasteiger partial charge in [0.1, 0.15) is 18.1 Å². The standard InChI is InChI=1S/C30H25N2O/c1-18-17-32(4)27(16-26(18)21-10-6-5-7-11-21)22-14-15-25-28-30(33-29(25)19(22)2)24-13-9-8-12-23(24)20(3)31-28/h5-17H,1-4H3/q+1/i1D3. The summed E-state index contributed by atoms with van der Waals surface area (Å²) in [5.74, 6) is 0. The zero-order valence-corrected chi connectivity index (χ0v) is 18.8. The van der Waals surface area contributed by atoms with Crippen LogP contribution in [-0.4, -0.2) is 4.98 Å². The molecule has 0 unspecified atom stereocenters. The zero-order valence-electron chi connectivity index (χ0n) is 21.8. The number of pyridine rings is 2. The van der Waals surface area contributed by atoms with Crippen LogP contribution in [0.3, 0.4) is 0 Å². The van der Waals surface area contributed by atoms with Crippen LogP contribution in [0.15, 0.2) is 83.4 Å². The van der Waals surface area contributed by atoms with Crippen molar-refractivity contribution in [1.82, 2.24) is 4.98 Å². The van der Waals surface area contributed by atoms with Gasteiger partial charge in [-0.25, -0.2) is 9.55 Å². The highest BCUT2D eigenvalue weighted by Gasteiger charge is 2.21. The number of nitrogens with zero attached hydrogens (tertiary/aromatic N) is 2. The van der Waals surface area contributed by atoms with Crippen molar-refractivity contribution in [3.63, 3.8) is 0 Å². The molecule has 0 N–H and O–H groups in total. The van der Waals surface area contributed by atoms with Crippen molar-refractivity contribution in [2.75, 3.05) is 0 Å². The molecule has 0 saturated carbocycles. The van der Waals surface area contributed by atoms with Crippen LogP contribution >= 0.6 is 0 Å². The smallest absolute Gasteiger partial charge is 0.213 e. The van der Waals surface area contributed by atoms with Gasteiger partial charge in [0.25, 0.3) is 0 Å². The van der Waals surface area contributed by atoms with E-state index in [1.54, 1.807) is 6.20 Å². The van der Waals surface area contributed by atoms with Gasteiger partial charge in [-0.15, -0.1) is 0 Å². The molecule has 0 atom stereocenters. The quantitative estimate of drug-likeness (QED) is 0.270. The number of hydrogen-bond donors (Lipinski definition) is 0. The van der Waals surface area contributed by atoms with Crippen LogP contribution < -0.4 is 4.57 Å². The highest BCUT2D eigenvalue weighted by molar-refractivity contribution is 6.14. The van der Waals surface area contributed by atoms with Gasteiger partial charge in [0.05, 0.1) is 5.56 Å².